The molecule has 0 aliphatic carbocycles. The lowest BCUT2D eigenvalue weighted by Crippen LogP contribution is -2.22. The molecule has 0 saturated carbocycles. The zero-order valence-corrected chi connectivity index (χ0v) is 12.4. The summed E-state index contributed by atoms with van der Waals surface area (Å²) in [5.41, 5.74) is 2.09. The number of hydrogen-bond donors (Lipinski definition) is 2. The lowest BCUT2D eigenvalue weighted by Gasteiger charge is -2.08. The van der Waals surface area contributed by atoms with Crippen molar-refractivity contribution in [1.82, 2.24) is 10.6 Å². The van der Waals surface area contributed by atoms with Crippen LogP contribution < -0.4 is 10.6 Å². The van der Waals surface area contributed by atoms with E-state index in [1.807, 2.05) is 24.3 Å². The first-order valence-electron chi connectivity index (χ1n) is 7.20. The summed E-state index contributed by atoms with van der Waals surface area (Å²) in [6.07, 6.45) is 3.77. The normalized spacial score (nSPS) is 10.1. The van der Waals surface area contributed by atoms with Crippen molar-refractivity contribution in [2.45, 2.75) is 52.6 Å². The summed E-state index contributed by atoms with van der Waals surface area (Å²) in [7, 11) is 0. The summed E-state index contributed by atoms with van der Waals surface area (Å²) in [4.78, 5) is 22.5. The Balaban J connectivity index is 2.38. The van der Waals surface area contributed by atoms with E-state index in [4.69, 9.17) is 0 Å². The molecule has 0 radical (unpaired) electrons. The quantitative estimate of drug-likeness (QED) is 0.717. The van der Waals surface area contributed by atoms with Crippen LogP contribution >= 0.6 is 0 Å². The Morgan fingerprint density at radius 2 is 1.70 bits per heavy atom. The molecule has 110 valence electrons. The molecule has 0 fully saturated rings. The maximum Gasteiger partial charge on any atom is 0.220 e. The SMILES string of the molecule is CCCCCC(=O)NCc1cccc(CNC(C)=O)c1. The Bertz CT molecular complexity index is 444. The fourth-order valence-electron chi connectivity index (χ4n) is 1.90. The molecular weight excluding hydrogens is 252 g/mol. The predicted molar refractivity (Wildman–Crippen MR) is 80.0 cm³/mol. The second-order valence-electron chi connectivity index (χ2n) is 4.96. The molecule has 1 rings (SSSR count). The molecular formula is C16H24N2O2. The number of unbranched alkanes of at least 4 members (excludes halogenated alkanes) is 2. The van der Waals surface area contributed by atoms with Crippen LogP contribution in [0.3, 0.4) is 0 Å². The number of hydrogen-bond acceptors (Lipinski definition) is 2. The number of benzene rings is 1. The van der Waals surface area contributed by atoms with Crippen molar-refractivity contribution >= 4 is 11.8 Å². The van der Waals surface area contributed by atoms with E-state index in [1.54, 1.807) is 0 Å². The molecule has 0 heterocycles. The molecule has 2 amide bonds. The molecule has 0 aliphatic rings. The highest BCUT2D eigenvalue weighted by atomic mass is 16.2. The average Bonchev–Trinajstić information content (AvgIpc) is 2.44. The molecule has 0 aliphatic heterocycles. The molecule has 0 bridgehead atoms. The van der Waals surface area contributed by atoms with Crippen LogP contribution in [0.4, 0.5) is 0 Å². The Morgan fingerprint density at radius 1 is 1.05 bits per heavy atom. The standard InChI is InChI=1S/C16H24N2O2/c1-3-4-5-9-16(20)18-12-15-8-6-7-14(10-15)11-17-13(2)19/h6-8,10H,3-5,9,11-12H2,1-2H3,(H,17,19)(H,18,20). The van der Waals surface area contributed by atoms with Crippen LogP contribution in [0.5, 0.6) is 0 Å². The van der Waals surface area contributed by atoms with E-state index in [2.05, 4.69) is 17.6 Å². The van der Waals surface area contributed by atoms with Gasteiger partial charge in [-0.15, -0.1) is 0 Å². The highest BCUT2D eigenvalue weighted by Crippen LogP contribution is 2.05. The van der Waals surface area contributed by atoms with Crippen molar-refractivity contribution in [3.8, 4) is 0 Å². The molecule has 2 N–H and O–H groups in total. The zero-order valence-electron chi connectivity index (χ0n) is 12.4. The third kappa shape index (κ3) is 6.92. The van der Waals surface area contributed by atoms with Crippen molar-refractivity contribution in [3.63, 3.8) is 0 Å². The van der Waals surface area contributed by atoms with E-state index >= 15 is 0 Å². The van der Waals surface area contributed by atoms with E-state index in [0.29, 0.717) is 19.5 Å². The molecule has 0 atom stereocenters. The van der Waals surface area contributed by atoms with E-state index < -0.39 is 0 Å². The third-order valence-electron chi connectivity index (χ3n) is 3.03. The van der Waals surface area contributed by atoms with Crippen LogP contribution in [0, 0.1) is 0 Å². The first-order valence-corrected chi connectivity index (χ1v) is 7.20. The van der Waals surface area contributed by atoms with Gasteiger partial charge in [-0.05, 0) is 17.5 Å². The van der Waals surface area contributed by atoms with E-state index in [-0.39, 0.29) is 11.8 Å². The molecule has 4 heteroatoms. The minimum Gasteiger partial charge on any atom is -0.352 e. The first kappa shape index (κ1) is 16.2. The summed E-state index contributed by atoms with van der Waals surface area (Å²) < 4.78 is 0. The summed E-state index contributed by atoms with van der Waals surface area (Å²) in [6.45, 7) is 4.69. The van der Waals surface area contributed by atoms with Gasteiger partial charge in [0, 0.05) is 26.4 Å². The van der Waals surface area contributed by atoms with Gasteiger partial charge in [0.2, 0.25) is 11.8 Å². The van der Waals surface area contributed by atoms with Crippen molar-refractivity contribution in [1.29, 1.82) is 0 Å². The fourth-order valence-corrected chi connectivity index (χ4v) is 1.90. The third-order valence-corrected chi connectivity index (χ3v) is 3.03. The van der Waals surface area contributed by atoms with E-state index in [1.165, 1.54) is 6.92 Å². The maximum atomic E-state index is 11.6. The number of amides is 2. The Hall–Kier alpha value is -1.84. The van der Waals surface area contributed by atoms with Gasteiger partial charge in [0.05, 0.1) is 0 Å². The van der Waals surface area contributed by atoms with Gasteiger partial charge in [-0.25, -0.2) is 0 Å². The average molecular weight is 276 g/mol. The number of rotatable bonds is 8. The smallest absolute Gasteiger partial charge is 0.220 e. The van der Waals surface area contributed by atoms with E-state index in [9.17, 15) is 9.59 Å². The van der Waals surface area contributed by atoms with Crippen LogP contribution in [0.25, 0.3) is 0 Å². The molecule has 1 aromatic carbocycles. The number of carbonyl (C=O) groups excluding carboxylic acids is 2. The van der Waals surface area contributed by atoms with Crippen LogP contribution in [-0.2, 0) is 22.7 Å². The minimum absolute atomic E-state index is 0.0420. The van der Waals surface area contributed by atoms with E-state index in [0.717, 1.165) is 30.4 Å². The monoisotopic (exact) mass is 276 g/mol. The maximum absolute atomic E-state index is 11.6. The van der Waals surface area contributed by atoms with Gasteiger partial charge in [-0.2, -0.15) is 0 Å². The van der Waals surface area contributed by atoms with Crippen molar-refractivity contribution in [2.75, 3.05) is 0 Å². The lowest BCUT2D eigenvalue weighted by molar-refractivity contribution is -0.121. The number of carbonyl (C=O) groups is 2. The van der Waals surface area contributed by atoms with Crippen molar-refractivity contribution in [2.24, 2.45) is 0 Å². The zero-order chi connectivity index (χ0) is 14.8. The Kier molecular flexibility index (Phi) is 7.40. The van der Waals surface area contributed by atoms with Crippen LogP contribution in [0.15, 0.2) is 24.3 Å². The van der Waals surface area contributed by atoms with Gasteiger partial charge in [0.25, 0.3) is 0 Å². The molecule has 0 unspecified atom stereocenters. The van der Waals surface area contributed by atoms with Crippen molar-refractivity contribution < 1.29 is 9.59 Å². The topological polar surface area (TPSA) is 58.2 Å². The van der Waals surface area contributed by atoms with Gasteiger partial charge in [0.15, 0.2) is 0 Å². The first-order chi connectivity index (χ1) is 9.61. The van der Waals surface area contributed by atoms with Crippen LogP contribution in [-0.4, -0.2) is 11.8 Å². The largest absolute Gasteiger partial charge is 0.352 e. The van der Waals surface area contributed by atoms with Gasteiger partial charge < -0.3 is 10.6 Å². The molecule has 0 aromatic heterocycles. The van der Waals surface area contributed by atoms with Crippen LogP contribution in [0.1, 0.15) is 50.7 Å². The predicted octanol–water partition coefficient (Wildman–Crippen LogP) is 2.52. The lowest BCUT2D eigenvalue weighted by atomic mass is 10.1. The number of nitrogens with one attached hydrogen (secondary N) is 2. The highest BCUT2D eigenvalue weighted by Gasteiger charge is 2.02. The van der Waals surface area contributed by atoms with Gasteiger partial charge >= 0.3 is 0 Å². The fraction of sp³-hybridized carbons (Fsp3) is 0.500. The summed E-state index contributed by atoms with van der Waals surface area (Å²) >= 11 is 0. The molecule has 0 spiro atoms. The molecule has 0 saturated heterocycles. The van der Waals surface area contributed by atoms with Crippen molar-refractivity contribution in [3.05, 3.63) is 35.4 Å². The van der Waals surface area contributed by atoms with Gasteiger partial charge in [-0.1, -0.05) is 44.0 Å². The molecule has 20 heavy (non-hydrogen) atoms. The van der Waals surface area contributed by atoms with Crippen LogP contribution in [0.2, 0.25) is 0 Å². The molecule has 4 nitrogen and oxygen atoms in total. The van der Waals surface area contributed by atoms with Gasteiger partial charge in [-0.3, -0.25) is 9.59 Å². The second-order valence-corrected chi connectivity index (χ2v) is 4.96. The highest BCUT2D eigenvalue weighted by molar-refractivity contribution is 5.75. The molecule has 1 aromatic rings. The Morgan fingerprint density at radius 3 is 2.30 bits per heavy atom. The Labute approximate surface area is 121 Å². The van der Waals surface area contributed by atoms with Gasteiger partial charge in [0.1, 0.15) is 0 Å². The summed E-state index contributed by atoms with van der Waals surface area (Å²) in [6, 6.07) is 7.88. The second kappa shape index (κ2) is 9.13. The minimum atomic E-state index is -0.0420. The summed E-state index contributed by atoms with van der Waals surface area (Å²) in [5.74, 6) is 0.0605. The summed E-state index contributed by atoms with van der Waals surface area (Å²) in [5, 5.41) is 5.69.